The van der Waals surface area contributed by atoms with Gasteiger partial charge in [-0.15, -0.1) is 0 Å². The largest absolute Gasteiger partial charge is 0.466 e. The first-order valence-corrected chi connectivity index (χ1v) is 7.82. The van der Waals surface area contributed by atoms with Gasteiger partial charge < -0.3 is 4.74 Å². The molecule has 1 aromatic rings. The van der Waals surface area contributed by atoms with Gasteiger partial charge in [-0.3, -0.25) is 4.79 Å². The van der Waals surface area contributed by atoms with Crippen molar-refractivity contribution < 1.29 is 22.3 Å². The van der Waals surface area contributed by atoms with Gasteiger partial charge >= 0.3 is 5.97 Å². The van der Waals surface area contributed by atoms with E-state index in [4.69, 9.17) is 4.74 Å². The van der Waals surface area contributed by atoms with Gasteiger partial charge in [0.15, 0.2) is 0 Å². The minimum absolute atomic E-state index is 0.0548. The Morgan fingerprint density at radius 3 is 2.60 bits per heavy atom. The van der Waals surface area contributed by atoms with Crippen molar-refractivity contribution in [1.82, 2.24) is 4.72 Å². The lowest BCUT2D eigenvalue weighted by Gasteiger charge is -2.12. The summed E-state index contributed by atoms with van der Waals surface area (Å²) in [5.41, 5.74) is 0.505. The summed E-state index contributed by atoms with van der Waals surface area (Å²) in [5.74, 6) is -2.14. The van der Waals surface area contributed by atoms with E-state index in [0.29, 0.717) is 5.56 Å². The summed E-state index contributed by atoms with van der Waals surface area (Å²) in [6.07, 6.45) is 0. The van der Waals surface area contributed by atoms with Crippen LogP contribution < -0.4 is 4.72 Å². The normalized spacial score (nSPS) is 13.0. The van der Waals surface area contributed by atoms with Crippen molar-refractivity contribution >= 4 is 16.0 Å². The van der Waals surface area contributed by atoms with Crippen LogP contribution in [0.15, 0.2) is 18.2 Å². The molecule has 0 aliphatic carbocycles. The van der Waals surface area contributed by atoms with Gasteiger partial charge in [-0.05, 0) is 32.5 Å². The number of carbonyl (C=O) groups is 1. The number of hydrogen-bond acceptors (Lipinski definition) is 4. The Balaban J connectivity index is 2.96. The molecule has 0 amide bonds. The zero-order valence-corrected chi connectivity index (χ0v) is 12.5. The van der Waals surface area contributed by atoms with Gasteiger partial charge in [0.1, 0.15) is 5.82 Å². The SMILES string of the molecule is CCOC(=O)C(C)c1ccc(CS(=O)(=O)NC)c(F)c1. The number of rotatable bonds is 6. The second-order valence-electron chi connectivity index (χ2n) is 4.29. The van der Waals surface area contributed by atoms with E-state index < -0.39 is 33.5 Å². The highest BCUT2D eigenvalue weighted by Crippen LogP contribution is 2.21. The van der Waals surface area contributed by atoms with Crippen molar-refractivity contribution in [3.05, 3.63) is 35.1 Å². The van der Waals surface area contributed by atoms with Crippen LogP contribution in [0.5, 0.6) is 0 Å². The van der Waals surface area contributed by atoms with E-state index in [1.807, 2.05) is 0 Å². The monoisotopic (exact) mass is 303 g/mol. The maximum absolute atomic E-state index is 13.9. The quantitative estimate of drug-likeness (QED) is 0.809. The van der Waals surface area contributed by atoms with Gasteiger partial charge in [0.05, 0.1) is 18.3 Å². The van der Waals surface area contributed by atoms with Crippen molar-refractivity contribution in [2.24, 2.45) is 0 Å². The number of halogens is 1. The maximum Gasteiger partial charge on any atom is 0.313 e. The lowest BCUT2D eigenvalue weighted by atomic mass is 10.00. The predicted octanol–water partition coefficient (Wildman–Crippen LogP) is 1.54. The van der Waals surface area contributed by atoms with E-state index >= 15 is 0 Å². The topological polar surface area (TPSA) is 72.5 Å². The zero-order valence-electron chi connectivity index (χ0n) is 11.6. The number of hydrogen-bond donors (Lipinski definition) is 1. The molecule has 0 saturated carbocycles. The van der Waals surface area contributed by atoms with Crippen molar-refractivity contribution in [3.63, 3.8) is 0 Å². The average Bonchev–Trinajstić information content (AvgIpc) is 2.40. The summed E-state index contributed by atoms with van der Waals surface area (Å²) in [6, 6.07) is 4.07. The van der Waals surface area contributed by atoms with Crippen LogP contribution in [0.1, 0.15) is 30.9 Å². The Bertz CT molecular complexity index is 586. The van der Waals surface area contributed by atoms with Crippen molar-refractivity contribution in [2.75, 3.05) is 13.7 Å². The highest BCUT2D eigenvalue weighted by Gasteiger charge is 2.19. The summed E-state index contributed by atoms with van der Waals surface area (Å²) >= 11 is 0. The third-order valence-electron chi connectivity index (χ3n) is 2.87. The molecule has 0 aromatic heterocycles. The van der Waals surface area contributed by atoms with Gasteiger partial charge in [-0.1, -0.05) is 12.1 Å². The summed E-state index contributed by atoms with van der Waals surface area (Å²) in [6.45, 7) is 3.55. The number of carbonyl (C=O) groups excluding carboxylic acids is 1. The molecule has 0 radical (unpaired) electrons. The van der Waals surface area contributed by atoms with Crippen molar-refractivity contribution in [3.8, 4) is 0 Å². The van der Waals surface area contributed by atoms with Gasteiger partial charge in [-0.2, -0.15) is 0 Å². The molecule has 0 saturated heterocycles. The van der Waals surface area contributed by atoms with Crippen LogP contribution in [0.4, 0.5) is 4.39 Å². The third-order valence-corrected chi connectivity index (χ3v) is 4.19. The molecule has 0 fully saturated rings. The molecule has 0 heterocycles. The number of nitrogens with one attached hydrogen (secondary N) is 1. The molecule has 0 aliphatic rings. The molecule has 0 spiro atoms. The highest BCUT2D eigenvalue weighted by atomic mass is 32.2. The molecule has 0 aliphatic heterocycles. The minimum atomic E-state index is -3.53. The first-order chi connectivity index (χ1) is 9.30. The molecule has 1 atom stereocenters. The van der Waals surface area contributed by atoms with E-state index in [1.165, 1.54) is 25.2 Å². The van der Waals surface area contributed by atoms with Crippen LogP contribution in [0.3, 0.4) is 0 Å². The second-order valence-corrected chi connectivity index (χ2v) is 6.21. The fourth-order valence-corrected chi connectivity index (χ4v) is 2.42. The maximum atomic E-state index is 13.9. The Hall–Kier alpha value is -1.47. The van der Waals surface area contributed by atoms with E-state index in [1.54, 1.807) is 13.8 Å². The van der Waals surface area contributed by atoms with Gasteiger partial charge in [-0.25, -0.2) is 17.5 Å². The Labute approximate surface area is 118 Å². The van der Waals surface area contributed by atoms with E-state index in [9.17, 15) is 17.6 Å². The summed E-state index contributed by atoms with van der Waals surface area (Å²) in [7, 11) is -2.27. The van der Waals surface area contributed by atoms with Crippen LogP contribution in [0, 0.1) is 5.82 Å². The van der Waals surface area contributed by atoms with Gasteiger partial charge in [0.2, 0.25) is 10.0 Å². The molecular formula is C13H18FNO4S. The molecule has 20 heavy (non-hydrogen) atoms. The van der Waals surface area contributed by atoms with Crippen LogP contribution in [-0.4, -0.2) is 28.0 Å². The molecule has 7 heteroatoms. The zero-order chi connectivity index (χ0) is 15.3. The fourth-order valence-electron chi connectivity index (χ4n) is 1.63. The number of sulfonamides is 1. The van der Waals surface area contributed by atoms with Crippen LogP contribution >= 0.6 is 0 Å². The Kier molecular flexibility index (Phi) is 5.64. The molecule has 112 valence electrons. The minimum Gasteiger partial charge on any atom is -0.466 e. The number of esters is 1. The van der Waals surface area contributed by atoms with Gasteiger partial charge in [0, 0.05) is 5.56 Å². The third kappa shape index (κ3) is 4.28. The average molecular weight is 303 g/mol. The number of benzene rings is 1. The fraction of sp³-hybridized carbons (Fsp3) is 0.462. The molecule has 1 unspecified atom stereocenters. The van der Waals surface area contributed by atoms with Crippen LogP contribution in [0.2, 0.25) is 0 Å². The molecular weight excluding hydrogens is 285 g/mol. The van der Waals surface area contributed by atoms with Crippen LogP contribution in [-0.2, 0) is 25.3 Å². The highest BCUT2D eigenvalue weighted by molar-refractivity contribution is 7.88. The first-order valence-electron chi connectivity index (χ1n) is 6.17. The van der Waals surface area contributed by atoms with Crippen molar-refractivity contribution in [2.45, 2.75) is 25.5 Å². The number of ether oxygens (including phenoxy) is 1. The van der Waals surface area contributed by atoms with Crippen molar-refractivity contribution in [1.29, 1.82) is 0 Å². The summed E-state index contributed by atoms with van der Waals surface area (Å²) in [5, 5.41) is 0. The van der Waals surface area contributed by atoms with E-state index in [-0.39, 0.29) is 12.2 Å². The van der Waals surface area contributed by atoms with Crippen LogP contribution in [0.25, 0.3) is 0 Å². The van der Waals surface area contributed by atoms with E-state index in [2.05, 4.69) is 4.72 Å². The predicted molar refractivity (Wildman–Crippen MR) is 73.1 cm³/mol. The molecule has 1 aromatic carbocycles. The molecule has 1 N–H and O–H groups in total. The molecule has 5 nitrogen and oxygen atoms in total. The summed E-state index contributed by atoms with van der Waals surface area (Å²) < 4.78 is 43.6. The Morgan fingerprint density at radius 1 is 1.45 bits per heavy atom. The molecule has 1 rings (SSSR count). The van der Waals surface area contributed by atoms with E-state index in [0.717, 1.165) is 0 Å². The summed E-state index contributed by atoms with van der Waals surface area (Å²) in [4.78, 5) is 11.6. The lowest BCUT2D eigenvalue weighted by molar-refractivity contribution is -0.144. The Morgan fingerprint density at radius 2 is 2.10 bits per heavy atom. The smallest absolute Gasteiger partial charge is 0.313 e. The lowest BCUT2D eigenvalue weighted by Crippen LogP contribution is -2.21. The first kappa shape index (κ1) is 16.6. The molecule has 0 bridgehead atoms. The standard InChI is InChI=1S/C13H18FNO4S/c1-4-19-13(16)9(2)10-5-6-11(12(14)7-10)8-20(17,18)15-3/h5-7,9,15H,4,8H2,1-3H3. The second kappa shape index (κ2) is 6.81. The van der Waals surface area contributed by atoms with Gasteiger partial charge in [0.25, 0.3) is 0 Å².